The SMILES string of the molecule is CNC(=O)N1CCC2CCCCC2C1. The predicted molar refractivity (Wildman–Crippen MR) is 56.1 cm³/mol. The van der Waals surface area contributed by atoms with E-state index in [2.05, 4.69) is 5.32 Å². The minimum Gasteiger partial charge on any atom is -0.341 e. The van der Waals surface area contributed by atoms with Gasteiger partial charge in [-0.3, -0.25) is 0 Å². The largest absolute Gasteiger partial charge is 0.341 e. The van der Waals surface area contributed by atoms with E-state index in [1.54, 1.807) is 7.05 Å². The van der Waals surface area contributed by atoms with Crippen LogP contribution in [0.5, 0.6) is 0 Å². The van der Waals surface area contributed by atoms with Crippen LogP contribution in [0.3, 0.4) is 0 Å². The highest BCUT2D eigenvalue weighted by Crippen LogP contribution is 2.35. The number of nitrogens with zero attached hydrogens (tertiary/aromatic N) is 1. The van der Waals surface area contributed by atoms with Gasteiger partial charge >= 0.3 is 6.03 Å². The summed E-state index contributed by atoms with van der Waals surface area (Å²) in [6.07, 6.45) is 6.71. The quantitative estimate of drug-likeness (QED) is 0.630. The van der Waals surface area contributed by atoms with Gasteiger partial charge < -0.3 is 10.2 Å². The third-order valence-electron chi connectivity index (χ3n) is 3.79. The number of hydrogen-bond acceptors (Lipinski definition) is 1. The number of nitrogens with one attached hydrogen (secondary N) is 1. The van der Waals surface area contributed by atoms with E-state index in [1.165, 1.54) is 32.1 Å². The van der Waals surface area contributed by atoms with Crippen LogP contribution in [-0.4, -0.2) is 31.1 Å². The minimum absolute atomic E-state index is 0.106. The zero-order valence-electron chi connectivity index (χ0n) is 8.96. The van der Waals surface area contributed by atoms with E-state index in [1.807, 2.05) is 4.90 Å². The Hall–Kier alpha value is -0.730. The Morgan fingerprint density at radius 3 is 2.64 bits per heavy atom. The number of amides is 2. The number of hydrogen-bond donors (Lipinski definition) is 1. The Bertz CT molecular complexity index is 217. The minimum atomic E-state index is 0.106. The molecule has 2 aliphatic rings. The fraction of sp³-hybridized carbons (Fsp3) is 0.909. The number of fused-ring (bicyclic) bond motifs is 1. The first-order valence-electron chi connectivity index (χ1n) is 5.78. The average Bonchev–Trinajstić information content (AvgIpc) is 2.27. The van der Waals surface area contributed by atoms with Crippen LogP contribution < -0.4 is 5.32 Å². The molecule has 2 fully saturated rings. The number of likely N-dealkylation sites (tertiary alicyclic amines) is 1. The summed E-state index contributed by atoms with van der Waals surface area (Å²) in [6, 6.07) is 0.106. The lowest BCUT2D eigenvalue weighted by Crippen LogP contribution is -2.47. The van der Waals surface area contributed by atoms with Gasteiger partial charge in [0, 0.05) is 20.1 Å². The summed E-state index contributed by atoms with van der Waals surface area (Å²) in [5.74, 6) is 1.69. The number of carbonyl (C=O) groups excluding carboxylic acids is 1. The molecular formula is C11H20N2O. The topological polar surface area (TPSA) is 32.3 Å². The van der Waals surface area contributed by atoms with Crippen molar-refractivity contribution < 1.29 is 4.79 Å². The summed E-state index contributed by atoms with van der Waals surface area (Å²) in [5, 5.41) is 2.72. The Balaban J connectivity index is 1.92. The fourth-order valence-corrected chi connectivity index (χ4v) is 2.94. The van der Waals surface area contributed by atoms with Gasteiger partial charge in [-0.25, -0.2) is 4.79 Å². The lowest BCUT2D eigenvalue weighted by atomic mass is 9.75. The predicted octanol–water partition coefficient (Wildman–Crippen LogP) is 1.84. The van der Waals surface area contributed by atoms with Crippen LogP contribution in [0.1, 0.15) is 32.1 Å². The molecule has 2 amide bonds. The molecule has 3 nitrogen and oxygen atoms in total. The van der Waals surface area contributed by atoms with Crippen LogP contribution in [0, 0.1) is 11.8 Å². The lowest BCUT2D eigenvalue weighted by Gasteiger charge is -2.41. The molecule has 3 heteroatoms. The average molecular weight is 196 g/mol. The molecule has 0 radical (unpaired) electrons. The number of rotatable bonds is 0. The van der Waals surface area contributed by atoms with E-state index in [9.17, 15) is 4.79 Å². The molecule has 1 heterocycles. The van der Waals surface area contributed by atoms with Crippen molar-refractivity contribution in [2.24, 2.45) is 11.8 Å². The van der Waals surface area contributed by atoms with Crippen LogP contribution in [-0.2, 0) is 0 Å². The van der Waals surface area contributed by atoms with E-state index in [0.717, 1.165) is 24.9 Å². The Morgan fingerprint density at radius 1 is 1.21 bits per heavy atom. The third-order valence-corrected chi connectivity index (χ3v) is 3.79. The number of piperidine rings is 1. The molecule has 0 aromatic rings. The van der Waals surface area contributed by atoms with Gasteiger partial charge in [0.1, 0.15) is 0 Å². The van der Waals surface area contributed by atoms with Crippen molar-refractivity contribution in [3.63, 3.8) is 0 Å². The molecule has 1 aliphatic heterocycles. The molecule has 2 unspecified atom stereocenters. The van der Waals surface area contributed by atoms with Crippen molar-refractivity contribution in [3.05, 3.63) is 0 Å². The van der Waals surface area contributed by atoms with E-state index in [-0.39, 0.29) is 6.03 Å². The highest BCUT2D eigenvalue weighted by molar-refractivity contribution is 5.73. The van der Waals surface area contributed by atoms with E-state index in [4.69, 9.17) is 0 Å². The fourth-order valence-electron chi connectivity index (χ4n) is 2.94. The van der Waals surface area contributed by atoms with Gasteiger partial charge in [-0.05, 0) is 24.7 Å². The second-order valence-corrected chi connectivity index (χ2v) is 4.59. The first-order valence-corrected chi connectivity index (χ1v) is 5.78. The number of urea groups is 1. The molecule has 2 atom stereocenters. The van der Waals surface area contributed by atoms with Gasteiger partial charge in [0.2, 0.25) is 0 Å². The van der Waals surface area contributed by atoms with Crippen LogP contribution in [0.2, 0.25) is 0 Å². The summed E-state index contributed by atoms with van der Waals surface area (Å²) in [5.41, 5.74) is 0. The van der Waals surface area contributed by atoms with E-state index in [0.29, 0.717) is 0 Å². The zero-order chi connectivity index (χ0) is 9.97. The molecule has 0 aromatic carbocycles. The monoisotopic (exact) mass is 196 g/mol. The van der Waals surface area contributed by atoms with Gasteiger partial charge in [0.25, 0.3) is 0 Å². The summed E-state index contributed by atoms with van der Waals surface area (Å²) in [7, 11) is 1.72. The van der Waals surface area contributed by atoms with Gasteiger partial charge in [-0.1, -0.05) is 19.3 Å². The second-order valence-electron chi connectivity index (χ2n) is 4.59. The molecule has 80 valence electrons. The van der Waals surface area contributed by atoms with Crippen molar-refractivity contribution >= 4 is 6.03 Å². The van der Waals surface area contributed by atoms with Gasteiger partial charge in [0.15, 0.2) is 0 Å². The molecule has 0 bridgehead atoms. The zero-order valence-corrected chi connectivity index (χ0v) is 8.96. The van der Waals surface area contributed by atoms with Crippen LogP contribution in [0.4, 0.5) is 4.79 Å². The van der Waals surface area contributed by atoms with E-state index < -0.39 is 0 Å². The Morgan fingerprint density at radius 2 is 1.93 bits per heavy atom. The summed E-state index contributed by atoms with van der Waals surface area (Å²) < 4.78 is 0. The molecule has 1 saturated heterocycles. The highest BCUT2D eigenvalue weighted by atomic mass is 16.2. The lowest BCUT2D eigenvalue weighted by molar-refractivity contribution is 0.103. The second kappa shape index (κ2) is 4.20. The summed E-state index contributed by atoms with van der Waals surface area (Å²) in [6.45, 7) is 1.95. The Kier molecular flexibility index (Phi) is 2.94. The summed E-state index contributed by atoms with van der Waals surface area (Å²) in [4.78, 5) is 13.4. The van der Waals surface area contributed by atoms with Gasteiger partial charge in [0.05, 0.1) is 0 Å². The number of carbonyl (C=O) groups is 1. The maximum atomic E-state index is 11.5. The molecule has 1 saturated carbocycles. The first-order chi connectivity index (χ1) is 6.81. The van der Waals surface area contributed by atoms with Crippen molar-refractivity contribution in [3.8, 4) is 0 Å². The first kappa shape index (κ1) is 9.81. The van der Waals surface area contributed by atoms with Crippen LogP contribution >= 0.6 is 0 Å². The van der Waals surface area contributed by atoms with Crippen LogP contribution in [0.15, 0.2) is 0 Å². The third kappa shape index (κ3) is 1.86. The highest BCUT2D eigenvalue weighted by Gasteiger charge is 2.32. The summed E-state index contributed by atoms with van der Waals surface area (Å²) >= 11 is 0. The molecule has 1 N–H and O–H groups in total. The van der Waals surface area contributed by atoms with Crippen molar-refractivity contribution in [1.29, 1.82) is 0 Å². The molecule has 0 spiro atoms. The van der Waals surface area contributed by atoms with Gasteiger partial charge in [-0.2, -0.15) is 0 Å². The molecule has 14 heavy (non-hydrogen) atoms. The van der Waals surface area contributed by atoms with Gasteiger partial charge in [-0.15, -0.1) is 0 Å². The molecule has 1 aliphatic carbocycles. The van der Waals surface area contributed by atoms with Crippen LogP contribution in [0.25, 0.3) is 0 Å². The van der Waals surface area contributed by atoms with Crippen molar-refractivity contribution in [2.45, 2.75) is 32.1 Å². The Labute approximate surface area is 85.8 Å². The maximum Gasteiger partial charge on any atom is 0.317 e. The van der Waals surface area contributed by atoms with Crippen molar-refractivity contribution in [2.75, 3.05) is 20.1 Å². The normalized spacial score (nSPS) is 32.2. The van der Waals surface area contributed by atoms with Crippen molar-refractivity contribution in [1.82, 2.24) is 10.2 Å². The molecule has 2 rings (SSSR count). The molecular weight excluding hydrogens is 176 g/mol. The standard InChI is InChI=1S/C11H20N2O/c1-12-11(14)13-7-6-9-4-2-3-5-10(9)8-13/h9-10H,2-8H2,1H3,(H,12,14). The van der Waals surface area contributed by atoms with E-state index >= 15 is 0 Å². The molecule has 0 aromatic heterocycles. The maximum absolute atomic E-state index is 11.5. The smallest absolute Gasteiger partial charge is 0.317 e.